The third-order valence-electron chi connectivity index (χ3n) is 13.6. The van der Waals surface area contributed by atoms with Crippen molar-refractivity contribution in [2.45, 2.75) is 12.8 Å². The van der Waals surface area contributed by atoms with Crippen LogP contribution in [-0.2, 0) is 47.4 Å². The summed E-state index contributed by atoms with van der Waals surface area (Å²) in [5, 5.41) is 24.4. The number of guanidine groups is 2. The van der Waals surface area contributed by atoms with Crippen LogP contribution in [0.25, 0.3) is 44.3 Å². The van der Waals surface area contributed by atoms with Crippen LogP contribution in [0, 0.1) is 0 Å². The number of aromatic nitrogens is 4. The fourth-order valence-corrected chi connectivity index (χ4v) is 9.20. The van der Waals surface area contributed by atoms with E-state index in [-0.39, 0.29) is 47.9 Å². The average Bonchev–Trinajstić information content (AvgIpc) is 0.794. The van der Waals surface area contributed by atoms with Gasteiger partial charge in [0.25, 0.3) is 11.9 Å². The molecule has 0 aliphatic carbocycles. The number of unbranched alkanes of at least 4 members (excludes halogenated alkanes) is 1. The van der Waals surface area contributed by atoms with Crippen molar-refractivity contribution in [3.63, 3.8) is 0 Å². The molecule has 6 rings (SSSR count). The lowest BCUT2D eigenvalue weighted by molar-refractivity contribution is 0.0101. The molecule has 0 aliphatic heterocycles. The first-order chi connectivity index (χ1) is 49.8. The van der Waals surface area contributed by atoms with Gasteiger partial charge in [-0.3, -0.25) is 0 Å². The van der Waals surface area contributed by atoms with Crippen molar-refractivity contribution in [1.29, 1.82) is 0 Å². The molecule has 34 nitrogen and oxygen atoms in total. The summed E-state index contributed by atoms with van der Waals surface area (Å²) < 4.78 is 66.9. The Morgan fingerprint density at radius 1 is 0.324 bits per heavy atom. The van der Waals surface area contributed by atoms with E-state index in [9.17, 15) is 19.2 Å². The second kappa shape index (κ2) is 50.3. The Balaban J connectivity index is 0.592. The molecule has 0 saturated carbocycles. The molecule has 36 heteroatoms. The van der Waals surface area contributed by atoms with Gasteiger partial charge in [0.1, 0.15) is 24.7 Å². The van der Waals surface area contributed by atoms with Gasteiger partial charge in [-0.15, -0.1) is 0 Å². The molecule has 0 aliphatic rings. The number of nitrogens with one attached hydrogen (secondary N) is 8. The lowest BCUT2D eigenvalue weighted by Gasteiger charge is -2.11. The molecule has 6 aromatic rings. The molecule has 0 fully saturated rings. The number of halogens is 2. The van der Waals surface area contributed by atoms with Crippen molar-refractivity contribution in [3.05, 3.63) is 95.0 Å². The van der Waals surface area contributed by atoms with Crippen LogP contribution in [0.3, 0.4) is 0 Å². The second-order valence-electron chi connectivity index (χ2n) is 21.4. The summed E-state index contributed by atoms with van der Waals surface area (Å²) in [6.45, 7) is 10.4. The number of fused-ring (bicyclic) bond motifs is 2. The van der Waals surface area contributed by atoms with Crippen molar-refractivity contribution in [2.24, 2.45) is 32.9 Å². The highest BCUT2D eigenvalue weighted by Gasteiger charge is 2.14. The molecule has 0 radical (unpaired) electrons. The van der Waals surface area contributed by atoms with E-state index in [2.05, 4.69) is 72.5 Å². The monoisotopic (exact) mass is 1460 g/mol. The number of amides is 8. The van der Waals surface area contributed by atoms with Crippen LogP contribution in [0.4, 0.5) is 31.1 Å². The summed E-state index contributed by atoms with van der Waals surface area (Å²) in [5.41, 5.74) is 26.4. The molecular formula is C66H94Cl2N18O16. The summed E-state index contributed by atoms with van der Waals surface area (Å²) >= 11 is 12.5. The summed E-state index contributed by atoms with van der Waals surface area (Å²) in [6.07, 6.45) is 1.34. The van der Waals surface area contributed by atoms with E-state index in [4.69, 9.17) is 103 Å². The molecule has 0 saturated heterocycles. The molecule has 0 unspecified atom stereocenters. The summed E-state index contributed by atoms with van der Waals surface area (Å²) in [4.78, 5) is 74.1. The van der Waals surface area contributed by atoms with Gasteiger partial charge in [-0.05, 0) is 97.8 Å². The Hall–Kier alpha value is -9.04. The molecule has 0 spiro atoms. The van der Waals surface area contributed by atoms with Gasteiger partial charge in [-0.1, -0.05) is 23.2 Å². The summed E-state index contributed by atoms with van der Waals surface area (Å²) in [6, 6.07) is 24.2. The first-order valence-corrected chi connectivity index (χ1v) is 34.0. The number of aliphatic imine (C=N–C) groups is 2. The topological polar surface area (TPSA) is 456 Å². The highest BCUT2D eigenvalue weighted by molar-refractivity contribution is 6.31. The molecule has 0 bridgehead atoms. The summed E-state index contributed by atoms with van der Waals surface area (Å²) in [7, 11) is 0. The standard InChI is InChI=1S/C66H94Cl2N18O16/c67-49-7-13-55-53(45-49)57(83-61(81-55)85-59(69)70)47-3-9-51(10-4-47)101-43-41-99-39-37-97-35-33-95-27-21-79-65(89)77-19-25-93-31-29-91-23-17-75-63(87)73-15-1-2-16-74-64(88)76-18-24-92-30-32-94-26-20-78-66(90)80-22-28-96-34-36-98-38-40-100-42-44-102-52-11-5-48(6-12-52)58-54-46-50(68)8-14-56(54)82-62(84-58)86-60(71)72/h3-14,45-46H,1-2,15-44H2,(H2,73,75,87)(H2,74,76,88)(H2,77,79,89)(H2,78,80,90)(H4,69,70,81,83,85)(H4,71,72,82,84,86). The Morgan fingerprint density at radius 2 is 0.578 bits per heavy atom. The minimum atomic E-state index is -0.336. The van der Waals surface area contributed by atoms with E-state index < -0.39 is 0 Å². The Bertz CT molecular complexity index is 3250. The zero-order valence-corrected chi connectivity index (χ0v) is 58.5. The van der Waals surface area contributed by atoms with Crippen LogP contribution >= 0.6 is 23.2 Å². The molecule has 16 N–H and O–H groups in total. The molecular weight excluding hydrogens is 1370 g/mol. The minimum absolute atomic E-state index is 0.144. The predicted octanol–water partition coefficient (Wildman–Crippen LogP) is 3.62. The van der Waals surface area contributed by atoms with E-state index in [1.54, 1.807) is 36.4 Å². The van der Waals surface area contributed by atoms with E-state index >= 15 is 0 Å². The number of urea groups is 4. The smallest absolute Gasteiger partial charge is 0.314 e. The quantitative estimate of drug-likeness (QED) is 0.0147. The molecule has 2 aromatic heterocycles. The zero-order chi connectivity index (χ0) is 72.5. The maximum atomic E-state index is 12.1. The number of benzene rings is 4. The van der Waals surface area contributed by atoms with Crippen LogP contribution in [0.15, 0.2) is 94.9 Å². The van der Waals surface area contributed by atoms with Crippen molar-refractivity contribution in [2.75, 3.05) is 198 Å². The fourth-order valence-electron chi connectivity index (χ4n) is 8.85. The number of carbonyl (C=O) groups is 4. The van der Waals surface area contributed by atoms with Crippen molar-refractivity contribution < 1.29 is 76.0 Å². The fraction of sp³-hybridized carbons (Fsp3) is 0.485. The third-order valence-corrected chi connectivity index (χ3v) is 14.1. The third kappa shape index (κ3) is 35.5. The van der Waals surface area contributed by atoms with Crippen molar-refractivity contribution >= 4 is 92.9 Å². The van der Waals surface area contributed by atoms with Gasteiger partial charge in [0.05, 0.1) is 155 Å². The van der Waals surface area contributed by atoms with Crippen LogP contribution in [0.5, 0.6) is 11.5 Å². The van der Waals surface area contributed by atoms with Crippen LogP contribution in [0.1, 0.15) is 12.8 Å². The molecule has 2 heterocycles. The van der Waals surface area contributed by atoms with E-state index in [0.29, 0.717) is 255 Å². The zero-order valence-electron chi connectivity index (χ0n) is 57.0. The number of ether oxygens (including phenoxy) is 12. The van der Waals surface area contributed by atoms with E-state index in [1.807, 2.05) is 48.5 Å². The maximum absolute atomic E-state index is 12.1. The van der Waals surface area contributed by atoms with E-state index in [1.165, 1.54) is 0 Å². The van der Waals surface area contributed by atoms with E-state index in [0.717, 1.165) is 21.9 Å². The lowest BCUT2D eigenvalue weighted by atomic mass is 10.1. The normalized spacial score (nSPS) is 11.0. The molecule has 102 heavy (non-hydrogen) atoms. The molecule has 0 atom stereocenters. The number of hydrogen-bond acceptors (Lipinski definition) is 22. The Kier molecular flexibility index (Phi) is 40.4. The van der Waals surface area contributed by atoms with Gasteiger partial charge in [0.15, 0.2) is 11.9 Å². The van der Waals surface area contributed by atoms with Crippen molar-refractivity contribution in [1.82, 2.24) is 62.5 Å². The highest BCUT2D eigenvalue weighted by Crippen LogP contribution is 2.33. The number of hydrogen-bond donors (Lipinski definition) is 12. The van der Waals surface area contributed by atoms with Crippen LogP contribution in [-0.4, -0.2) is 254 Å². The van der Waals surface area contributed by atoms with Gasteiger partial charge < -0.3 is 122 Å². The van der Waals surface area contributed by atoms with Crippen LogP contribution in [0.2, 0.25) is 10.0 Å². The summed E-state index contributed by atoms with van der Waals surface area (Å²) in [5.74, 6) is 1.32. The number of nitrogens with zero attached hydrogens (tertiary/aromatic N) is 6. The van der Waals surface area contributed by atoms with Gasteiger partial charge in [0, 0.05) is 84.3 Å². The average molecular weight is 1470 g/mol. The highest BCUT2D eigenvalue weighted by atomic mass is 35.5. The SMILES string of the molecule is NC(N)=Nc1nc(-c2ccc(OCCOCCOCCOCCNC(=O)NCCOCCOCCNC(=O)NCCCCNC(=O)NCCOCCOCCNC(=O)NCCOCCOCCOCCOc3ccc(-c4nc(N=C(N)N)nc5ccc(Cl)cc45)cc3)cc2)c2cc(Cl)ccc2n1. The molecule has 558 valence electrons. The first kappa shape index (κ1) is 81.9. The van der Waals surface area contributed by atoms with Gasteiger partial charge in [-0.25, -0.2) is 39.1 Å². The first-order valence-electron chi connectivity index (χ1n) is 33.2. The van der Waals surface area contributed by atoms with Gasteiger partial charge >= 0.3 is 24.1 Å². The Morgan fingerprint density at radius 3 is 0.853 bits per heavy atom. The number of rotatable bonds is 53. The largest absolute Gasteiger partial charge is 0.491 e. The lowest BCUT2D eigenvalue weighted by Crippen LogP contribution is -2.39. The minimum Gasteiger partial charge on any atom is -0.491 e. The predicted molar refractivity (Wildman–Crippen MR) is 385 cm³/mol. The molecule has 8 amide bonds. The van der Waals surface area contributed by atoms with Gasteiger partial charge in [0.2, 0.25) is 0 Å². The van der Waals surface area contributed by atoms with Crippen LogP contribution < -0.4 is 74.9 Å². The maximum Gasteiger partial charge on any atom is 0.314 e. The van der Waals surface area contributed by atoms with Gasteiger partial charge in [-0.2, -0.15) is 9.98 Å². The number of nitrogens with two attached hydrogens (primary N) is 4. The molecule has 4 aromatic carbocycles. The van der Waals surface area contributed by atoms with Crippen molar-refractivity contribution in [3.8, 4) is 34.0 Å². The number of carbonyl (C=O) groups excluding carboxylic acids is 4. The Labute approximate surface area is 601 Å². The second-order valence-corrected chi connectivity index (χ2v) is 22.3.